The number of amides is 1. The van der Waals surface area contributed by atoms with Crippen molar-refractivity contribution in [3.05, 3.63) is 59.1 Å². The first-order valence-corrected chi connectivity index (χ1v) is 7.15. The number of pyridine rings is 1. The maximum absolute atomic E-state index is 12.9. The quantitative estimate of drug-likeness (QED) is 0.670. The number of anilines is 1. The van der Waals surface area contributed by atoms with Crippen LogP contribution in [0.3, 0.4) is 0 Å². The van der Waals surface area contributed by atoms with Crippen LogP contribution in [0, 0.1) is 5.21 Å². The second-order valence-corrected chi connectivity index (χ2v) is 4.96. The molecule has 1 N–H and O–H groups in total. The molecule has 0 saturated heterocycles. The molecule has 0 aliphatic heterocycles. The highest BCUT2D eigenvalue weighted by Crippen LogP contribution is 2.35. The van der Waals surface area contributed by atoms with E-state index in [1.807, 2.05) is 6.92 Å². The van der Waals surface area contributed by atoms with Crippen LogP contribution in [-0.4, -0.2) is 12.5 Å². The fourth-order valence-electron chi connectivity index (χ4n) is 1.90. The summed E-state index contributed by atoms with van der Waals surface area (Å²) >= 11 is 0. The fourth-order valence-corrected chi connectivity index (χ4v) is 1.90. The van der Waals surface area contributed by atoms with Crippen LogP contribution in [-0.2, 0) is 6.18 Å². The van der Waals surface area contributed by atoms with Crippen LogP contribution >= 0.6 is 0 Å². The third-order valence-electron chi connectivity index (χ3n) is 3.08. The highest BCUT2D eigenvalue weighted by atomic mass is 19.4. The molecule has 1 heterocycles. The Labute approximate surface area is 136 Å². The third kappa shape index (κ3) is 4.37. The Bertz CT molecular complexity index is 715. The summed E-state index contributed by atoms with van der Waals surface area (Å²) in [5, 5.41) is 13.4. The number of ether oxygens (including phenoxy) is 1. The van der Waals surface area contributed by atoms with Crippen molar-refractivity contribution in [3.63, 3.8) is 0 Å². The van der Waals surface area contributed by atoms with Gasteiger partial charge in [-0.05, 0) is 24.6 Å². The molecule has 0 atom stereocenters. The Balaban J connectivity index is 2.30. The number of aromatic nitrogens is 1. The van der Waals surface area contributed by atoms with Crippen molar-refractivity contribution in [1.29, 1.82) is 0 Å². The summed E-state index contributed by atoms with van der Waals surface area (Å²) in [5.41, 5.74) is -0.838. The first-order valence-electron chi connectivity index (χ1n) is 7.15. The number of halogens is 3. The van der Waals surface area contributed by atoms with E-state index in [1.165, 1.54) is 18.2 Å². The number of alkyl halides is 3. The smallest absolute Gasteiger partial charge is 0.416 e. The highest BCUT2D eigenvalue weighted by molar-refractivity contribution is 6.04. The predicted octanol–water partition coefficient (Wildman–Crippen LogP) is 3.38. The van der Waals surface area contributed by atoms with Crippen LogP contribution in [0.1, 0.15) is 29.3 Å². The molecule has 0 saturated carbocycles. The molecular weight excluding hydrogens is 325 g/mol. The molecule has 0 spiro atoms. The number of nitrogens with one attached hydrogen (secondary N) is 1. The van der Waals surface area contributed by atoms with Gasteiger partial charge in [0.05, 0.1) is 23.4 Å². The molecule has 5 nitrogen and oxygen atoms in total. The monoisotopic (exact) mass is 340 g/mol. The summed E-state index contributed by atoms with van der Waals surface area (Å²) in [6.45, 7) is 2.15. The van der Waals surface area contributed by atoms with Gasteiger partial charge in [0, 0.05) is 12.1 Å². The number of carbonyl (C=O) groups is 1. The van der Waals surface area contributed by atoms with E-state index in [0.717, 1.165) is 24.5 Å². The average molecular weight is 340 g/mol. The van der Waals surface area contributed by atoms with E-state index in [1.54, 1.807) is 0 Å². The maximum atomic E-state index is 12.9. The molecule has 0 aliphatic rings. The van der Waals surface area contributed by atoms with Gasteiger partial charge in [-0.25, -0.2) is 0 Å². The van der Waals surface area contributed by atoms with Gasteiger partial charge in [-0.3, -0.25) is 4.79 Å². The first-order chi connectivity index (χ1) is 11.3. The molecule has 1 amide bonds. The minimum absolute atomic E-state index is 0.0814. The molecule has 2 rings (SSSR count). The summed E-state index contributed by atoms with van der Waals surface area (Å²) in [4.78, 5) is 12.2. The Hall–Kier alpha value is -2.77. The number of carbonyl (C=O) groups excluding carboxylic acids is 1. The number of nitrogens with zero attached hydrogens (tertiary/aromatic N) is 1. The summed E-state index contributed by atoms with van der Waals surface area (Å²) in [5.74, 6) is -0.496. The lowest BCUT2D eigenvalue weighted by Gasteiger charge is -2.15. The van der Waals surface area contributed by atoms with Gasteiger partial charge >= 0.3 is 6.18 Å². The molecule has 0 aliphatic carbocycles. The summed E-state index contributed by atoms with van der Waals surface area (Å²) in [7, 11) is 0. The molecule has 2 aromatic rings. The zero-order valence-corrected chi connectivity index (χ0v) is 12.8. The molecule has 0 unspecified atom stereocenters. The SMILES string of the molecule is CCCOc1ccc(C(F)(F)F)cc1NC(=O)c1cc[n+]([O-])cc1. The lowest BCUT2D eigenvalue weighted by Crippen LogP contribution is -2.25. The minimum Gasteiger partial charge on any atom is -0.619 e. The summed E-state index contributed by atoms with van der Waals surface area (Å²) in [6.07, 6.45) is -1.63. The van der Waals surface area contributed by atoms with Gasteiger partial charge < -0.3 is 15.3 Å². The summed E-state index contributed by atoms with van der Waals surface area (Å²) in [6, 6.07) is 5.42. The normalized spacial score (nSPS) is 11.2. The molecule has 1 aromatic carbocycles. The Morgan fingerprint density at radius 3 is 2.50 bits per heavy atom. The fraction of sp³-hybridized carbons (Fsp3) is 0.250. The van der Waals surface area contributed by atoms with E-state index in [4.69, 9.17) is 4.74 Å². The van der Waals surface area contributed by atoms with Gasteiger partial charge in [0.15, 0.2) is 12.4 Å². The molecule has 0 fully saturated rings. The van der Waals surface area contributed by atoms with Crippen LogP contribution in [0.25, 0.3) is 0 Å². The molecular formula is C16H15F3N2O3. The van der Waals surface area contributed by atoms with Crippen LogP contribution in [0.5, 0.6) is 5.75 Å². The molecule has 1 aromatic heterocycles. The molecule has 24 heavy (non-hydrogen) atoms. The van der Waals surface area contributed by atoms with Gasteiger partial charge in [-0.15, -0.1) is 0 Å². The molecule has 8 heteroatoms. The van der Waals surface area contributed by atoms with E-state index in [-0.39, 0.29) is 17.0 Å². The van der Waals surface area contributed by atoms with Crippen molar-refractivity contribution in [2.75, 3.05) is 11.9 Å². The van der Waals surface area contributed by atoms with E-state index in [9.17, 15) is 23.2 Å². The highest BCUT2D eigenvalue weighted by Gasteiger charge is 2.31. The van der Waals surface area contributed by atoms with Crippen molar-refractivity contribution < 1.29 is 27.4 Å². The molecule has 128 valence electrons. The topological polar surface area (TPSA) is 65.3 Å². The van der Waals surface area contributed by atoms with Gasteiger partial charge in [0.25, 0.3) is 5.91 Å². The number of benzene rings is 1. The van der Waals surface area contributed by atoms with E-state index in [2.05, 4.69) is 5.32 Å². The minimum atomic E-state index is -4.54. The largest absolute Gasteiger partial charge is 0.619 e. The maximum Gasteiger partial charge on any atom is 0.416 e. The number of hydrogen-bond acceptors (Lipinski definition) is 3. The van der Waals surface area contributed by atoms with Crippen molar-refractivity contribution in [2.24, 2.45) is 0 Å². The van der Waals surface area contributed by atoms with E-state index in [0.29, 0.717) is 17.8 Å². The predicted molar refractivity (Wildman–Crippen MR) is 80.6 cm³/mol. The van der Waals surface area contributed by atoms with Crippen LogP contribution in [0.15, 0.2) is 42.7 Å². The molecule has 0 radical (unpaired) electrons. The van der Waals surface area contributed by atoms with Crippen LogP contribution in [0.2, 0.25) is 0 Å². The number of hydrogen-bond donors (Lipinski definition) is 1. The Morgan fingerprint density at radius 2 is 1.92 bits per heavy atom. The van der Waals surface area contributed by atoms with Crippen molar-refractivity contribution in [3.8, 4) is 5.75 Å². The Kier molecular flexibility index (Phi) is 5.28. The van der Waals surface area contributed by atoms with Crippen LogP contribution < -0.4 is 14.8 Å². The van der Waals surface area contributed by atoms with E-state index < -0.39 is 17.6 Å². The van der Waals surface area contributed by atoms with Gasteiger partial charge in [-0.1, -0.05) is 6.92 Å². The Morgan fingerprint density at radius 1 is 1.25 bits per heavy atom. The first kappa shape index (κ1) is 17.6. The van der Waals surface area contributed by atoms with E-state index >= 15 is 0 Å². The zero-order valence-electron chi connectivity index (χ0n) is 12.8. The molecule has 0 bridgehead atoms. The van der Waals surface area contributed by atoms with Crippen molar-refractivity contribution >= 4 is 11.6 Å². The zero-order chi connectivity index (χ0) is 17.7. The number of rotatable bonds is 5. The third-order valence-corrected chi connectivity index (χ3v) is 3.08. The lowest BCUT2D eigenvalue weighted by molar-refractivity contribution is -0.605. The van der Waals surface area contributed by atoms with Gasteiger partial charge in [0.1, 0.15) is 5.75 Å². The van der Waals surface area contributed by atoms with Gasteiger partial charge in [0.2, 0.25) is 0 Å². The van der Waals surface area contributed by atoms with Crippen LogP contribution in [0.4, 0.5) is 18.9 Å². The van der Waals surface area contributed by atoms with Gasteiger partial charge in [-0.2, -0.15) is 17.9 Å². The second-order valence-electron chi connectivity index (χ2n) is 4.96. The average Bonchev–Trinajstić information content (AvgIpc) is 2.53. The standard InChI is InChI=1S/C16H15F3N2O3/c1-2-9-24-14-4-3-12(16(17,18)19)10-13(14)20-15(22)11-5-7-21(23)8-6-11/h3-8,10H,2,9H2,1H3,(H,20,22). The van der Waals surface area contributed by atoms with Crippen molar-refractivity contribution in [1.82, 2.24) is 0 Å². The summed E-state index contributed by atoms with van der Waals surface area (Å²) < 4.78 is 44.5. The van der Waals surface area contributed by atoms with Crippen molar-refractivity contribution in [2.45, 2.75) is 19.5 Å². The second kappa shape index (κ2) is 7.20. The lowest BCUT2D eigenvalue weighted by atomic mass is 10.1.